The van der Waals surface area contributed by atoms with E-state index in [-0.39, 0.29) is 24.0 Å². The van der Waals surface area contributed by atoms with Gasteiger partial charge in [-0.15, -0.1) is 0 Å². The van der Waals surface area contributed by atoms with Crippen LogP contribution in [0.4, 0.5) is 10.5 Å². The number of anilines is 1. The molecule has 0 saturated carbocycles. The fraction of sp³-hybridized carbons (Fsp3) is 0.692. The number of hydrogen-bond acceptors (Lipinski definition) is 5. The summed E-state index contributed by atoms with van der Waals surface area (Å²) in [6, 6.07) is 6.04. The van der Waals surface area contributed by atoms with Crippen LogP contribution in [0.5, 0.6) is 5.75 Å². The van der Waals surface area contributed by atoms with Crippen LogP contribution < -0.4 is 15.0 Å². The number of nitrogens with zero attached hydrogens (tertiary/aromatic N) is 4. The molecule has 188 valence electrons. The molecule has 0 radical (unpaired) electrons. The van der Waals surface area contributed by atoms with Crippen molar-refractivity contribution in [1.29, 1.82) is 0 Å². The van der Waals surface area contributed by atoms with Gasteiger partial charge in [0.25, 0.3) is 0 Å². The van der Waals surface area contributed by atoms with Crippen molar-refractivity contribution >= 4 is 17.6 Å². The summed E-state index contributed by atoms with van der Waals surface area (Å²) in [4.78, 5) is 34.7. The monoisotopic (exact) mass is 471 g/mol. The molecule has 1 atom stereocenters. The van der Waals surface area contributed by atoms with E-state index in [1.54, 1.807) is 0 Å². The van der Waals surface area contributed by atoms with E-state index in [4.69, 9.17) is 4.74 Å². The molecule has 3 aliphatic heterocycles. The Kier molecular flexibility index (Phi) is 8.32. The molecule has 0 aliphatic carbocycles. The van der Waals surface area contributed by atoms with Crippen molar-refractivity contribution < 1.29 is 14.3 Å². The van der Waals surface area contributed by atoms with Crippen molar-refractivity contribution in [2.45, 2.75) is 45.6 Å². The van der Waals surface area contributed by atoms with E-state index >= 15 is 0 Å². The lowest BCUT2D eigenvalue weighted by Gasteiger charge is -2.39. The molecule has 0 aromatic heterocycles. The number of urea groups is 1. The fourth-order valence-electron chi connectivity index (χ4n) is 5.08. The number of aryl methyl sites for hydroxylation is 1. The summed E-state index contributed by atoms with van der Waals surface area (Å²) in [5.41, 5.74) is 1.97. The highest BCUT2D eigenvalue weighted by molar-refractivity contribution is 5.94. The van der Waals surface area contributed by atoms with Crippen LogP contribution >= 0.6 is 0 Å². The van der Waals surface area contributed by atoms with E-state index in [0.717, 1.165) is 82.0 Å². The van der Waals surface area contributed by atoms with E-state index in [2.05, 4.69) is 29.1 Å². The second kappa shape index (κ2) is 11.4. The van der Waals surface area contributed by atoms with Gasteiger partial charge < -0.3 is 24.8 Å². The van der Waals surface area contributed by atoms with Crippen LogP contribution in [0.1, 0.15) is 38.2 Å². The minimum atomic E-state index is -0.00436. The summed E-state index contributed by atoms with van der Waals surface area (Å²) >= 11 is 0. The molecule has 3 amide bonds. The number of likely N-dealkylation sites (N-methyl/N-ethyl adjacent to an activating group) is 1. The topological polar surface area (TPSA) is 68.4 Å². The Morgan fingerprint density at radius 1 is 1.09 bits per heavy atom. The molecule has 4 rings (SSSR count). The molecule has 8 heteroatoms. The molecular formula is C26H41N5O3. The summed E-state index contributed by atoms with van der Waals surface area (Å²) < 4.78 is 6.07. The highest BCUT2D eigenvalue weighted by Crippen LogP contribution is 2.36. The second-order valence-corrected chi connectivity index (χ2v) is 10.1. The van der Waals surface area contributed by atoms with Crippen molar-refractivity contribution in [3.8, 4) is 5.75 Å². The van der Waals surface area contributed by atoms with Crippen LogP contribution in [0.2, 0.25) is 0 Å². The number of carbonyl (C=O) groups excluding carboxylic acids is 2. The van der Waals surface area contributed by atoms with E-state index in [0.29, 0.717) is 19.6 Å². The highest BCUT2D eigenvalue weighted by atomic mass is 16.5. The molecule has 3 aliphatic rings. The number of ether oxygens (including phenoxy) is 1. The predicted molar refractivity (Wildman–Crippen MR) is 134 cm³/mol. The number of amides is 3. The van der Waals surface area contributed by atoms with Gasteiger partial charge in [0.05, 0.1) is 12.2 Å². The van der Waals surface area contributed by atoms with E-state index in [1.807, 2.05) is 34.9 Å². The molecule has 1 aromatic rings. The van der Waals surface area contributed by atoms with Crippen LogP contribution in [-0.4, -0.2) is 98.7 Å². The average molecular weight is 472 g/mol. The fourth-order valence-corrected chi connectivity index (χ4v) is 5.08. The number of nitrogens with one attached hydrogen (secondary N) is 1. The van der Waals surface area contributed by atoms with Crippen LogP contribution in [-0.2, 0) is 4.79 Å². The average Bonchev–Trinajstić information content (AvgIpc) is 2.86. The summed E-state index contributed by atoms with van der Waals surface area (Å²) in [5.74, 6) is 0.919. The summed E-state index contributed by atoms with van der Waals surface area (Å²) in [6.07, 6.45) is 3.29. The first-order valence-corrected chi connectivity index (χ1v) is 13.0. The summed E-state index contributed by atoms with van der Waals surface area (Å²) in [6.45, 7) is 12.2. The third kappa shape index (κ3) is 6.02. The maximum Gasteiger partial charge on any atom is 0.324 e. The van der Waals surface area contributed by atoms with Gasteiger partial charge in [-0.3, -0.25) is 9.69 Å². The number of rotatable bonds is 6. The first-order valence-electron chi connectivity index (χ1n) is 13.0. The highest BCUT2D eigenvalue weighted by Gasteiger charge is 2.34. The zero-order valence-corrected chi connectivity index (χ0v) is 21.1. The molecule has 1 unspecified atom stereocenters. The lowest BCUT2D eigenvalue weighted by Crippen LogP contribution is -2.52. The smallest absolute Gasteiger partial charge is 0.324 e. The van der Waals surface area contributed by atoms with Gasteiger partial charge in [-0.2, -0.15) is 0 Å². The van der Waals surface area contributed by atoms with Crippen molar-refractivity contribution in [1.82, 2.24) is 20.0 Å². The van der Waals surface area contributed by atoms with Gasteiger partial charge >= 0.3 is 6.03 Å². The molecular weight excluding hydrogens is 430 g/mol. The van der Waals surface area contributed by atoms with Gasteiger partial charge in [0, 0.05) is 51.7 Å². The van der Waals surface area contributed by atoms with Crippen molar-refractivity contribution in [3.05, 3.63) is 23.8 Å². The van der Waals surface area contributed by atoms with Crippen LogP contribution in [0.15, 0.2) is 18.2 Å². The van der Waals surface area contributed by atoms with E-state index in [9.17, 15) is 9.59 Å². The van der Waals surface area contributed by atoms with Crippen molar-refractivity contribution in [2.75, 3.05) is 70.9 Å². The van der Waals surface area contributed by atoms with Gasteiger partial charge in [-0.25, -0.2) is 4.79 Å². The number of hydrogen-bond donors (Lipinski definition) is 1. The van der Waals surface area contributed by atoms with Crippen LogP contribution in [0.25, 0.3) is 0 Å². The number of carbonyl (C=O) groups is 2. The zero-order valence-electron chi connectivity index (χ0n) is 21.1. The van der Waals surface area contributed by atoms with E-state index < -0.39 is 0 Å². The molecule has 3 heterocycles. The molecule has 0 spiro atoms. The van der Waals surface area contributed by atoms with Gasteiger partial charge in [0.1, 0.15) is 11.9 Å². The molecule has 1 N–H and O–H groups in total. The molecule has 34 heavy (non-hydrogen) atoms. The second-order valence-electron chi connectivity index (χ2n) is 10.1. The van der Waals surface area contributed by atoms with E-state index in [1.165, 1.54) is 0 Å². The zero-order chi connectivity index (χ0) is 24.1. The van der Waals surface area contributed by atoms with Crippen molar-refractivity contribution in [3.63, 3.8) is 0 Å². The minimum absolute atomic E-state index is 0.00436. The Morgan fingerprint density at radius 2 is 1.82 bits per heavy atom. The summed E-state index contributed by atoms with van der Waals surface area (Å²) in [7, 11) is 2.17. The first kappa shape index (κ1) is 24.8. The molecule has 1 aromatic carbocycles. The van der Waals surface area contributed by atoms with Gasteiger partial charge in [0.2, 0.25) is 5.91 Å². The maximum absolute atomic E-state index is 13.4. The van der Waals surface area contributed by atoms with Gasteiger partial charge in [-0.05, 0) is 63.9 Å². The van der Waals surface area contributed by atoms with Gasteiger partial charge in [0.15, 0.2) is 0 Å². The number of fused-ring (bicyclic) bond motifs is 1. The number of benzene rings is 1. The molecule has 2 saturated heterocycles. The Balaban J connectivity index is 1.23. The normalized spacial score (nSPS) is 22.3. The third-order valence-corrected chi connectivity index (χ3v) is 7.45. The number of likely N-dealkylation sites (tertiary alicyclic amines) is 1. The Hall–Kier alpha value is -2.32. The molecule has 8 nitrogen and oxygen atoms in total. The summed E-state index contributed by atoms with van der Waals surface area (Å²) in [5, 5.41) is 3.13. The SMILES string of the molecule is CCC1CN(C(=O)N2CCC(C(=O)NCCCN3CCN(C)CC3)CC2)c2cc(C)ccc2O1. The third-order valence-electron chi connectivity index (χ3n) is 7.45. The first-order chi connectivity index (χ1) is 16.4. The van der Waals surface area contributed by atoms with Crippen molar-refractivity contribution in [2.24, 2.45) is 5.92 Å². The molecule has 2 fully saturated rings. The van der Waals surface area contributed by atoms with Gasteiger partial charge in [-0.1, -0.05) is 13.0 Å². The quantitative estimate of drug-likeness (QED) is 0.646. The lowest BCUT2D eigenvalue weighted by molar-refractivity contribution is -0.126. The standard InChI is InChI=1S/C26H41N5O3/c1-4-22-19-31(23-18-20(2)6-7-24(23)34-22)26(33)30-12-8-21(9-13-30)25(32)27-10-5-11-29-16-14-28(3)15-17-29/h6-7,18,21-22H,4-5,8-17,19H2,1-3H3,(H,27,32). The maximum atomic E-state index is 13.4. The molecule has 0 bridgehead atoms. The Morgan fingerprint density at radius 3 is 2.53 bits per heavy atom. The Labute approximate surface area is 204 Å². The van der Waals surface area contributed by atoms with Crippen LogP contribution in [0, 0.1) is 12.8 Å². The lowest BCUT2D eigenvalue weighted by atomic mass is 9.96. The minimum Gasteiger partial charge on any atom is -0.486 e. The Bertz CT molecular complexity index is 847. The predicted octanol–water partition coefficient (Wildman–Crippen LogP) is 2.56. The van der Waals surface area contributed by atoms with Crippen LogP contribution in [0.3, 0.4) is 0 Å². The number of piperidine rings is 1. The number of piperazine rings is 1. The largest absolute Gasteiger partial charge is 0.486 e.